The van der Waals surface area contributed by atoms with Gasteiger partial charge in [-0.05, 0) is 56.5 Å². The Morgan fingerprint density at radius 2 is 1.91 bits per heavy atom. The lowest BCUT2D eigenvalue weighted by atomic mass is 10.2. The van der Waals surface area contributed by atoms with Gasteiger partial charge in [-0.15, -0.1) is 0 Å². The van der Waals surface area contributed by atoms with Crippen LogP contribution < -0.4 is 10.2 Å². The molecule has 6 heteroatoms. The quantitative estimate of drug-likeness (QED) is 0.934. The predicted octanol–water partition coefficient (Wildman–Crippen LogP) is 3.60. The summed E-state index contributed by atoms with van der Waals surface area (Å²) in [7, 11) is 0. The van der Waals surface area contributed by atoms with Crippen molar-refractivity contribution in [3.63, 3.8) is 0 Å². The standard InChI is InChI=1S/C17H19ClN4O/c1-11-9-13(18)5-6-14(11)20-16(23)15-10-12(2)19-17(21-15)22-7-3-4-8-22/h5-6,9-10H,3-4,7-8H2,1-2H3,(H,20,23). The maximum Gasteiger partial charge on any atom is 0.274 e. The number of halogens is 1. The molecule has 120 valence electrons. The average Bonchev–Trinajstić information content (AvgIpc) is 3.04. The van der Waals surface area contributed by atoms with Crippen molar-refractivity contribution in [3.8, 4) is 0 Å². The van der Waals surface area contributed by atoms with E-state index in [9.17, 15) is 4.79 Å². The van der Waals surface area contributed by atoms with Gasteiger partial charge in [0.15, 0.2) is 0 Å². The summed E-state index contributed by atoms with van der Waals surface area (Å²) in [5.74, 6) is 0.404. The lowest BCUT2D eigenvalue weighted by Crippen LogP contribution is -2.23. The van der Waals surface area contributed by atoms with Crippen molar-refractivity contribution in [1.29, 1.82) is 0 Å². The molecule has 0 bridgehead atoms. The van der Waals surface area contributed by atoms with E-state index in [2.05, 4.69) is 20.2 Å². The number of hydrogen-bond acceptors (Lipinski definition) is 4. The molecule has 1 aromatic carbocycles. The molecule has 1 saturated heterocycles. The lowest BCUT2D eigenvalue weighted by molar-refractivity contribution is 0.102. The third-order valence-corrected chi connectivity index (χ3v) is 4.14. The van der Waals surface area contributed by atoms with Crippen molar-refractivity contribution in [2.24, 2.45) is 0 Å². The highest BCUT2D eigenvalue weighted by Crippen LogP contribution is 2.21. The van der Waals surface area contributed by atoms with Gasteiger partial charge < -0.3 is 10.2 Å². The highest BCUT2D eigenvalue weighted by molar-refractivity contribution is 6.30. The minimum atomic E-state index is -0.235. The Bertz CT molecular complexity index is 741. The molecule has 1 fully saturated rings. The second-order valence-electron chi connectivity index (χ2n) is 5.80. The Hall–Kier alpha value is -2.14. The number of nitrogens with one attached hydrogen (secondary N) is 1. The van der Waals surface area contributed by atoms with Crippen LogP contribution in [0.2, 0.25) is 5.02 Å². The van der Waals surface area contributed by atoms with Crippen molar-refractivity contribution < 1.29 is 4.79 Å². The van der Waals surface area contributed by atoms with Gasteiger partial charge in [-0.25, -0.2) is 9.97 Å². The summed E-state index contributed by atoms with van der Waals surface area (Å²) in [5.41, 5.74) is 2.82. The third kappa shape index (κ3) is 3.62. The molecular formula is C17H19ClN4O. The number of nitrogens with zero attached hydrogens (tertiary/aromatic N) is 3. The van der Waals surface area contributed by atoms with E-state index >= 15 is 0 Å². The van der Waals surface area contributed by atoms with Crippen molar-refractivity contribution in [1.82, 2.24) is 9.97 Å². The Morgan fingerprint density at radius 1 is 1.17 bits per heavy atom. The molecule has 0 spiro atoms. The molecule has 1 aromatic heterocycles. The van der Waals surface area contributed by atoms with Gasteiger partial charge in [-0.2, -0.15) is 0 Å². The van der Waals surface area contributed by atoms with E-state index in [-0.39, 0.29) is 5.91 Å². The first-order chi connectivity index (χ1) is 11.0. The van der Waals surface area contributed by atoms with E-state index in [1.165, 1.54) is 0 Å². The third-order valence-electron chi connectivity index (χ3n) is 3.90. The Balaban J connectivity index is 1.84. The smallest absolute Gasteiger partial charge is 0.274 e. The number of amides is 1. The van der Waals surface area contributed by atoms with Gasteiger partial charge in [-0.3, -0.25) is 4.79 Å². The van der Waals surface area contributed by atoms with Crippen LogP contribution in [-0.4, -0.2) is 29.0 Å². The highest BCUT2D eigenvalue weighted by Gasteiger charge is 2.18. The maximum atomic E-state index is 12.5. The van der Waals surface area contributed by atoms with Gasteiger partial charge >= 0.3 is 0 Å². The van der Waals surface area contributed by atoms with E-state index < -0.39 is 0 Å². The fourth-order valence-electron chi connectivity index (χ4n) is 2.68. The molecule has 5 nitrogen and oxygen atoms in total. The van der Waals surface area contributed by atoms with Gasteiger partial charge in [0.05, 0.1) is 0 Å². The highest BCUT2D eigenvalue weighted by atomic mass is 35.5. The summed E-state index contributed by atoms with van der Waals surface area (Å²) < 4.78 is 0. The van der Waals surface area contributed by atoms with E-state index in [1.54, 1.807) is 18.2 Å². The van der Waals surface area contributed by atoms with E-state index in [0.29, 0.717) is 16.7 Å². The Labute approximate surface area is 140 Å². The summed E-state index contributed by atoms with van der Waals surface area (Å²) >= 11 is 5.95. The van der Waals surface area contributed by atoms with Crippen LogP contribution in [0, 0.1) is 13.8 Å². The van der Waals surface area contributed by atoms with Gasteiger partial charge in [0, 0.05) is 29.5 Å². The molecule has 1 N–H and O–H groups in total. The fraction of sp³-hybridized carbons (Fsp3) is 0.353. The fourth-order valence-corrected chi connectivity index (χ4v) is 2.91. The predicted molar refractivity (Wildman–Crippen MR) is 92.4 cm³/mol. The van der Waals surface area contributed by atoms with E-state index in [1.807, 2.05) is 19.9 Å². The first kappa shape index (κ1) is 15.7. The molecule has 3 rings (SSSR count). The average molecular weight is 331 g/mol. The van der Waals surface area contributed by atoms with Gasteiger partial charge in [0.2, 0.25) is 5.95 Å². The number of aromatic nitrogens is 2. The molecule has 0 atom stereocenters. The summed E-state index contributed by atoms with van der Waals surface area (Å²) in [6, 6.07) is 7.08. The lowest BCUT2D eigenvalue weighted by Gasteiger charge is -2.16. The monoisotopic (exact) mass is 330 g/mol. The van der Waals surface area contributed by atoms with Gasteiger partial charge in [0.25, 0.3) is 5.91 Å². The maximum absolute atomic E-state index is 12.5. The summed E-state index contributed by atoms with van der Waals surface area (Å²) in [5, 5.41) is 3.54. The Morgan fingerprint density at radius 3 is 2.61 bits per heavy atom. The second kappa shape index (κ2) is 6.54. The molecule has 2 heterocycles. The SMILES string of the molecule is Cc1cc(C(=O)Nc2ccc(Cl)cc2C)nc(N2CCCC2)n1. The number of hydrogen-bond donors (Lipinski definition) is 1. The van der Waals surface area contributed by atoms with Crippen LogP contribution >= 0.6 is 11.6 Å². The molecular weight excluding hydrogens is 312 g/mol. The molecule has 2 aromatic rings. The second-order valence-corrected chi connectivity index (χ2v) is 6.24. The first-order valence-corrected chi connectivity index (χ1v) is 8.09. The normalized spacial score (nSPS) is 14.1. The van der Waals surface area contributed by atoms with Crippen molar-refractivity contribution in [2.75, 3.05) is 23.3 Å². The van der Waals surface area contributed by atoms with Crippen LogP contribution in [0.3, 0.4) is 0 Å². The molecule has 0 saturated carbocycles. The number of carbonyl (C=O) groups is 1. The number of aryl methyl sites for hydroxylation is 2. The van der Waals surface area contributed by atoms with E-state index in [4.69, 9.17) is 11.6 Å². The molecule has 23 heavy (non-hydrogen) atoms. The van der Waals surface area contributed by atoms with E-state index in [0.717, 1.165) is 42.9 Å². The summed E-state index contributed by atoms with van der Waals surface area (Å²) in [6.45, 7) is 5.68. The van der Waals surface area contributed by atoms with Crippen molar-refractivity contribution in [2.45, 2.75) is 26.7 Å². The molecule has 0 aliphatic carbocycles. The number of anilines is 2. The zero-order valence-corrected chi connectivity index (χ0v) is 14.0. The van der Waals surface area contributed by atoms with Crippen LogP contribution in [0.1, 0.15) is 34.6 Å². The van der Waals surface area contributed by atoms with Crippen LogP contribution in [0.25, 0.3) is 0 Å². The summed E-state index contributed by atoms with van der Waals surface area (Å²) in [6.07, 6.45) is 2.28. The topological polar surface area (TPSA) is 58.1 Å². The number of benzene rings is 1. The zero-order chi connectivity index (χ0) is 16.4. The first-order valence-electron chi connectivity index (χ1n) is 7.71. The van der Waals surface area contributed by atoms with Crippen LogP contribution in [0.5, 0.6) is 0 Å². The minimum Gasteiger partial charge on any atom is -0.341 e. The minimum absolute atomic E-state index is 0.235. The zero-order valence-electron chi connectivity index (χ0n) is 13.3. The van der Waals surface area contributed by atoms with Crippen LogP contribution in [0.15, 0.2) is 24.3 Å². The van der Waals surface area contributed by atoms with Crippen LogP contribution in [0.4, 0.5) is 11.6 Å². The summed E-state index contributed by atoms with van der Waals surface area (Å²) in [4.78, 5) is 23.5. The molecule has 0 unspecified atom stereocenters. The largest absolute Gasteiger partial charge is 0.341 e. The molecule has 1 amide bonds. The Kier molecular flexibility index (Phi) is 4.48. The molecule has 1 aliphatic heterocycles. The van der Waals surface area contributed by atoms with Gasteiger partial charge in [0.1, 0.15) is 5.69 Å². The van der Waals surface area contributed by atoms with Crippen molar-refractivity contribution >= 4 is 29.1 Å². The van der Waals surface area contributed by atoms with Crippen LogP contribution in [-0.2, 0) is 0 Å². The number of carbonyl (C=O) groups excluding carboxylic acids is 1. The number of rotatable bonds is 3. The molecule has 1 aliphatic rings. The van der Waals surface area contributed by atoms with Crippen molar-refractivity contribution in [3.05, 3.63) is 46.2 Å². The van der Waals surface area contributed by atoms with Gasteiger partial charge in [-0.1, -0.05) is 11.6 Å². The molecule has 0 radical (unpaired) electrons.